The minimum absolute atomic E-state index is 0. The molecule has 1 aromatic heterocycles. The lowest BCUT2D eigenvalue weighted by Gasteiger charge is -2.33. The van der Waals surface area contributed by atoms with Crippen molar-refractivity contribution in [3.63, 3.8) is 0 Å². The van der Waals surface area contributed by atoms with Crippen molar-refractivity contribution in [3.05, 3.63) is 53.3 Å². The normalized spacial score (nSPS) is 21.0. The molecule has 176 valence electrons. The van der Waals surface area contributed by atoms with E-state index in [9.17, 15) is 13.2 Å². The average Bonchev–Trinajstić information content (AvgIpc) is 3.49. The fraction of sp³-hybridized carbons (Fsp3) is 0.565. The summed E-state index contributed by atoms with van der Waals surface area (Å²) in [6.45, 7) is 2.35. The molecule has 2 aromatic rings. The van der Waals surface area contributed by atoms with Crippen LogP contribution in [-0.2, 0) is 18.6 Å². The molecule has 0 amide bonds. The maximum absolute atomic E-state index is 13.3. The van der Waals surface area contributed by atoms with Gasteiger partial charge in [-0.25, -0.2) is 0 Å². The molecule has 2 fully saturated rings. The number of hydrogen-bond acceptors (Lipinski definition) is 2. The van der Waals surface area contributed by atoms with Gasteiger partial charge in [-0.15, -0.1) is 24.0 Å². The summed E-state index contributed by atoms with van der Waals surface area (Å²) < 4.78 is 41.7. The van der Waals surface area contributed by atoms with Crippen LogP contribution in [0.25, 0.3) is 0 Å². The number of hydrogen-bond donors (Lipinski definition) is 1. The second-order valence-electron chi connectivity index (χ2n) is 8.85. The van der Waals surface area contributed by atoms with Crippen molar-refractivity contribution in [3.8, 4) is 0 Å². The molecular weight excluding hydrogens is 530 g/mol. The molecule has 1 atom stereocenters. The van der Waals surface area contributed by atoms with Crippen LogP contribution in [0.1, 0.15) is 54.7 Å². The van der Waals surface area contributed by atoms with E-state index in [1.807, 2.05) is 24.0 Å². The van der Waals surface area contributed by atoms with Gasteiger partial charge in [0.2, 0.25) is 0 Å². The molecule has 5 nitrogen and oxygen atoms in total. The van der Waals surface area contributed by atoms with Gasteiger partial charge in [-0.2, -0.15) is 18.3 Å². The molecule has 0 bridgehead atoms. The minimum atomic E-state index is -4.32. The van der Waals surface area contributed by atoms with Gasteiger partial charge in [0.15, 0.2) is 5.96 Å². The lowest BCUT2D eigenvalue weighted by molar-refractivity contribution is -0.137. The zero-order valence-corrected chi connectivity index (χ0v) is 20.9. The molecule has 2 aliphatic rings. The zero-order valence-electron chi connectivity index (χ0n) is 18.5. The molecule has 1 saturated carbocycles. The Bertz CT molecular complexity index is 934. The monoisotopic (exact) mass is 561 g/mol. The highest BCUT2D eigenvalue weighted by Crippen LogP contribution is 2.42. The van der Waals surface area contributed by atoms with Gasteiger partial charge in [-0.1, -0.05) is 31.0 Å². The minimum Gasteiger partial charge on any atom is -0.355 e. The van der Waals surface area contributed by atoms with Gasteiger partial charge in [0, 0.05) is 51.3 Å². The molecule has 2 heterocycles. The van der Waals surface area contributed by atoms with Crippen molar-refractivity contribution in [2.75, 3.05) is 26.7 Å². The van der Waals surface area contributed by atoms with E-state index in [0.29, 0.717) is 12.5 Å². The molecule has 1 aliphatic heterocycles. The number of benzene rings is 1. The first-order valence-corrected chi connectivity index (χ1v) is 10.9. The summed E-state index contributed by atoms with van der Waals surface area (Å²) >= 11 is 0. The highest BCUT2D eigenvalue weighted by Gasteiger charge is 2.39. The maximum Gasteiger partial charge on any atom is 0.416 e. The topological polar surface area (TPSA) is 45.5 Å². The SMILES string of the molecule is CN=C(NCC1(c2cccc(C(F)(F)F)c2)CCCC1)N1CCC(c2cnn(C)c2)C1.I. The van der Waals surface area contributed by atoms with Crippen molar-refractivity contribution in [2.24, 2.45) is 12.0 Å². The summed E-state index contributed by atoms with van der Waals surface area (Å²) in [5.41, 5.74) is 1.15. The predicted molar refractivity (Wildman–Crippen MR) is 131 cm³/mol. The summed E-state index contributed by atoms with van der Waals surface area (Å²) in [5, 5.41) is 7.78. The van der Waals surface area contributed by atoms with Crippen LogP contribution in [0.5, 0.6) is 0 Å². The van der Waals surface area contributed by atoms with Gasteiger partial charge in [-0.05, 0) is 36.5 Å². The van der Waals surface area contributed by atoms with Crippen molar-refractivity contribution >= 4 is 29.9 Å². The quantitative estimate of drug-likeness (QED) is 0.327. The van der Waals surface area contributed by atoms with Crippen molar-refractivity contribution in [1.29, 1.82) is 0 Å². The highest BCUT2D eigenvalue weighted by atomic mass is 127. The van der Waals surface area contributed by atoms with Gasteiger partial charge in [0.25, 0.3) is 0 Å². The lowest BCUT2D eigenvalue weighted by atomic mass is 9.78. The van der Waals surface area contributed by atoms with E-state index in [-0.39, 0.29) is 29.4 Å². The number of likely N-dealkylation sites (tertiary alicyclic amines) is 1. The number of aliphatic imine (C=N–C) groups is 1. The van der Waals surface area contributed by atoms with Gasteiger partial charge < -0.3 is 10.2 Å². The van der Waals surface area contributed by atoms with Crippen LogP contribution in [0.15, 0.2) is 41.7 Å². The Labute approximate surface area is 204 Å². The number of rotatable bonds is 4. The summed E-state index contributed by atoms with van der Waals surface area (Å²) in [4.78, 5) is 6.72. The molecular formula is C23H31F3IN5. The van der Waals surface area contributed by atoms with E-state index in [2.05, 4.69) is 26.5 Å². The van der Waals surface area contributed by atoms with Crippen LogP contribution < -0.4 is 5.32 Å². The third-order valence-corrected chi connectivity index (χ3v) is 6.84. The summed E-state index contributed by atoms with van der Waals surface area (Å²) in [7, 11) is 3.69. The average molecular weight is 561 g/mol. The Morgan fingerprint density at radius 3 is 2.66 bits per heavy atom. The van der Waals surface area contributed by atoms with Crippen molar-refractivity contribution in [1.82, 2.24) is 20.0 Å². The second kappa shape index (κ2) is 10.0. The van der Waals surface area contributed by atoms with Gasteiger partial charge in [0.1, 0.15) is 0 Å². The van der Waals surface area contributed by atoms with E-state index in [4.69, 9.17) is 0 Å². The van der Waals surface area contributed by atoms with Gasteiger partial charge in [0.05, 0.1) is 11.8 Å². The Morgan fingerprint density at radius 2 is 2.03 bits per heavy atom. The zero-order chi connectivity index (χ0) is 22.1. The number of aryl methyl sites for hydroxylation is 1. The molecule has 1 N–H and O–H groups in total. The largest absolute Gasteiger partial charge is 0.416 e. The van der Waals surface area contributed by atoms with Crippen LogP contribution in [0.4, 0.5) is 13.2 Å². The van der Waals surface area contributed by atoms with E-state index >= 15 is 0 Å². The third-order valence-electron chi connectivity index (χ3n) is 6.84. The Kier molecular flexibility index (Phi) is 7.77. The summed E-state index contributed by atoms with van der Waals surface area (Å²) in [6.07, 6.45) is 4.53. The number of guanidine groups is 1. The lowest BCUT2D eigenvalue weighted by Crippen LogP contribution is -2.46. The molecule has 0 spiro atoms. The Morgan fingerprint density at radius 1 is 1.28 bits per heavy atom. The first-order chi connectivity index (χ1) is 14.8. The van der Waals surface area contributed by atoms with E-state index < -0.39 is 11.7 Å². The van der Waals surface area contributed by atoms with E-state index in [1.54, 1.807) is 7.05 Å². The Balaban J connectivity index is 0.00000289. The second-order valence-corrected chi connectivity index (χ2v) is 8.85. The van der Waals surface area contributed by atoms with Crippen LogP contribution in [0.3, 0.4) is 0 Å². The molecule has 0 radical (unpaired) electrons. The number of halogens is 4. The van der Waals surface area contributed by atoms with Crippen molar-refractivity contribution in [2.45, 2.75) is 49.6 Å². The molecule has 9 heteroatoms. The standard InChI is InChI=1S/C23H30F3N5.HI/c1-27-21(31-11-8-17(15-31)18-13-29-30(2)14-18)28-16-22(9-3-4-10-22)19-6-5-7-20(12-19)23(24,25)26;/h5-7,12-14,17H,3-4,8-11,15-16H2,1-2H3,(H,27,28);1H. The van der Waals surface area contributed by atoms with Gasteiger partial charge in [-0.3, -0.25) is 9.67 Å². The van der Waals surface area contributed by atoms with Crippen molar-refractivity contribution < 1.29 is 13.2 Å². The van der Waals surface area contributed by atoms with Crippen LogP contribution in [0.2, 0.25) is 0 Å². The summed E-state index contributed by atoms with van der Waals surface area (Å²) in [5.74, 6) is 1.24. The molecule has 32 heavy (non-hydrogen) atoms. The van der Waals surface area contributed by atoms with Crippen LogP contribution >= 0.6 is 24.0 Å². The van der Waals surface area contributed by atoms with Gasteiger partial charge >= 0.3 is 6.18 Å². The number of aromatic nitrogens is 2. The predicted octanol–water partition coefficient (Wildman–Crippen LogP) is 4.93. The highest BCUT2D eigenvalue weighted by molar-refractivity contribution is 14.0. The first-order valence-electron chi connectivity index (χ1n) is 10.9. The molecule has 1 aromatic carbocycles. The van der Waals surface area contributed by atoms with E-state index in [1.165, 1.54) is 17.7 Å². The molecule has 1 unspecified atom stereocenters. The molecule has 1 saturated heterocycles. The van der Waals surface area contributed by atoms with Crippen LogP contribution in [0, 0.1) is 0 Å². The van der Waals surface area contributed by atoms with E-state index in [0.717, 1.165) is 62.8 Å². The number of nitrogens with one attached hydrogen (secondary N) is 1. The first kappa shape index (κ1) is 24.9. The number of alkyl halides is 3. The fourth-order valence-corrected chi connectivity index (χ4v) is 5.10. The maximum atomic E-state index is 13.3. The fourth-order valence-electron chi connectivity index (χ4n) is 5.10. The van der Waals surface area contributed by atoms with Crippen LogP contribution in [-0.4, -0.2) is 47.3 Å². The molecule has 1 aliphatic carbocycles. The smallest absolute Gasteiger partial charge is 0.355 e. The molecule has 4 rings (SSSR count). The number of nitrogens with zero attached hydrogens (tertiary/aromatic N) is 4. The Hall–Kier alpha value is -1.78. The third kappa shape index (κ3) is 5.23. The summed E-state index contributed by atoms with van der Waals surface area (Å²) in [6, 6.07) is 5.87.